The summed E-state index contributed by atoms with van der Waals surface area (Å²) in [6.07, 6.45) is 0. The van der Waals surface area contributed by atoms with Gasteiger partial charge >= 0.3 is 6.95 Å². The average Bonchev–Trinajstić information content (AvgIpc) is 2.18. The Kier molecular flexibility index (Phi) is 4.55. The van der Waals surface area contributed by atoms with E-state index in [4.69, 9.17) is 15.9 Å². The maximum Gasteiger partial charge on any atom is 0.440 e. The predicted octanol–water partition coefficient (Wildman–Crippen LogP) is 1.08. The van der Waals surface area contributed by atoms with Crippen LogP contribution in [0.4, 0.5) is 0 Å². The summed E-state index contributed by atoms with van der Waals surface area (Å²) < 4.78 is 20.7. The van der Waals surface area contributed by atoms with E-state index in [0.717, 1.165) is 0 Å². The molecule has 0 aromatic rings. The summed E-state index contributed by atoms with van der Waals surface area (Å²) in [7, 11) is 1.22. The fraction of sp³-hybridized carbons (Fsp3) is 0.857. The third kappa shape index (κ3) is 4.09. The molecule has 1 unspecified atom stereocenters. The van der Waals surface area contributed by atoms with Crippen LogP contribution in [0.15, 0.2) is 0 Å². The van der Waals surface area contributed by atoms with Gasteiger partial charge in [-0.15, -0.1) is 0 Å². The molecule has 1 amide bonds. The zero-order valence-electron chi connectivity index (χ0n) is 8.68. The molecule has 8 heteroatoms. The maximum atomic E-state index is 11.3. The molecule has 6 nitrogen and oxygen atoms in total. The van der Waals surface area contributed by atoms with Crippen molar-refractivity contribution in [3.8, 4) is 0 Å². The zero-order chi connectivity index (χ0) is 11.5. The molecule has 0 radical (unpaired) electrons. The molecule has 1 aliphatic rings. The van der Waals surface area contributed by atoms with Crippen molar-refractivity contribution in [2.45, 2.75) is 6.92 Å². The van der Waals surface area contributed by atoms with Gasteiger partial charge in [0.2, 0.25) is 5.91 Å². The maximum absolute atomic E-state index is 11.3. The SMILES string of the molecule is COP(=O)(Cl)ON1CCN(C(C)=O)CC1. The van der Waals surface area contributed by atoms with Crippen LogP contribution in [0.5, 0.6) is 0 Å². The van der Waals surface area contributed by atoms with E-state index in [1.54, 1.807) is 4.90 Å². The second kappa shape index (κ2) is 5.27. The molecular formula is C7H14ClN2O4P. The number of carbonyl (C=O) groups excluding carboxylic acids is 1. The molecule has 1 rings (SSSR count). The lowest BCUT2D eigenvalue weighted by atomic mass is 10.3. The highest BCUT2D eigenvalue weighted by Gasteiger charge is 2.27. The largest absolute Gasteiger partial charge is 0.440 e. The monoisotopic (exact) mass is 256 g/mol. The van der Waals surface area contributed by atoms with E-state index in [0.29, 0.717) is 26.2 Å². The fourth-order valence-electron chi connectivity index (χ4n) is 1.26. The summed E-state index contributed by atoms with van der Waals surface area (Å²) in [5.74, 6) is 0.0236. The summed E-state index contributed by atoms with van der Waals surface area (Å²) >= 11 is 5.44. The van der Waals surface area contributed by atoms with Gasteiger partial charge in [0.15, 0.2) is 0 Å². The van der Waals surface area contributed by atoms with E-state index in [2.05, 4.69) is 4.52 Å². The molecule has 0 aliphatic carbocycles. The standard InChI is InChI=1S/C7H14ClN2O4P/c1-7(11)9-3-5-10(6-4-9)14-15(8,12)13-2/h3-6H2,1-2H3. The molecule has 1 heterocycles. The number of carbonyl (C=O) groups is 1. The Morgan fingerprint density at radius 3 is 2.27 bits per heavy atom. The first kappa shape index (κ1) is 12.9. The topological polar surface area (TPSA) is 59.1 Å². The number of hydrogen-bond acceptors (Lipinski definition) is 5. The van der Waals surface area contributed by atoms with Gasteiger partial charge in [-0.2, -0.15) is 5.06 Å². The summed E-state index contributed by atoms with van der Waals surface area (Å²) in [4.78, 5) is 12.7. The lowest BCUT2D eigenvalue weighted by Crippen LogP contribution is -2.47. The van der Waals surface area contributed by atoms with Crippen LogP contribution in [-0.4, -0.2) is 49.2 Å². The van der Waals surface area contributed by atoms with Gasteiger partial charge in [-0.3, -0.25) is 9.32 Å². The number of halogens is 1. The minimum atomic E-state index is -3.49. The van der Waals surface area contributed by atoms with Crippen LogP contribution >= 0.6 is 18.2 Å². The molecule has 0 saturated carbocycles. The quantitative estimate of drug-likeness (QED) is 0.707. The first-order valence-electron chi connectivity index (χ1n) is 4.50. The second-order valence-electron chi connectivity index (χ2n) is 3.13. The highest BCUT2D eigenvalue weighted by Crippen LogP contribution is 2.53. The van der Waals surface area contributed by atoms with Crippen molar-refractivity contribution < 1.29 is 18.5 Å². The Morgan fingerprint density at radius 1 is 1.33 bits per heavy atom. The van der Waals surface area contributed by atoms with E-state index in [1.165, 1.54) is 19.1 Å². The highest BCUT2D eigenvalue weighted by molar-refractivity contribution is 7.81. The predicted molar refractivity (Wildman–Crippen MR) is 55.4 cm³/mol. The summed E-state index contributed by atoms with van der Waals surface area (Å²) in [5, 5.41) is 1.46. The van der Waals surface area contributed by atoms with Crippen LogP contribution in [0, 0.1) is 0 Å². The van der Waals surface area contributed by atoms with Crippen LogP contribution < -0.4 is 0 Å². The Hall–Kier alpha value is -0.130. The summed E-state index contributed by atoms with van der Waals surface area (Å²) in [5.41, 5.74) is 0. The van der Waals surface area contributed by atoms with E-state index < -0.39 is 6.95 Å². The Morgan fingerprint density at radius 2 is 1.87 bits per heavy atom. The van der Waals surface area contributed by atoms with Crippen molar-refractivity contribution in [3.63, 3.8) is 0 Å². The Bertz CT molecular complexity index is 280. The van der Waals surface area contributed by atoms with E-state index in [1.807, 2.05) is 0 Å². The van der Waals surface area contributed by atoms with Crippen molar-refractivity contribution >= 4 is 24.1 Å². The van der Waals surface area contributed by atoms with Gasteiger partial charge in [-0.25, -0.2) is 9.19 Å². The van der Waals surface area contributed by atoms with E-state index in [-0.39, 0.29) is 5.91 Å². The smallest absolute Gasteiger partial charge is 0.340 e. The van der Waals surface area contributed by atoms with Gasteiger partial charge in [-0.1, -0.05) is 0 Å². The third-order valence-electron chi connectivity index (χ3n) is 2.12. The number of hydrogen-bond donors (Lipinski definition) is 0. The molecule has 0 spiro atoms. The molecule has 0 bridgehead atoms. The minimum Gasteiger partial charge on any atom is -0.340 e. The normalized spacial score (nSPS) is 22.5. The fourth-order valence-corrected chi connectivity index (χ4v) is 2.02. The zero-order valence-corrected chi connectivity index (χ0v) is 10.3. The van der Waals surface area contributed by atoms with Crippen molar-refractivity contribution in [1.82, 2.24) is 9.96 Å². The number of piperazine rings is 1. The summed E-state index contributed by atoms with van der Waals surface area (Å²) in [6, 6.07) is 0. The average molecular weight is 257 g/mol. The van der Waals surface area contributed by atoms with Gasteiger partial charge in [-0.05, 0) is 0 Å². The lowest BCUT2D eigenvalue weighted by molar-refractivity contribution is -0.138. The van der Waals surface area contributed by atoms with Gasteiger partial charge < -0.3 is 4.90 Å². The van der Waals surface area contributed by atoms with E-state index in [9.17, 15) is 9.36 Å². The van der Waals surface area contributed by atoms with Crippen LogP contribution in [-0.2, 0) is 18.5 Å². The highest BCUT2D eigenvalue weighted by atomic mass is 35.7. The van der Waals surface area contributed by atoms with E-state index >= 15 is 0 Å². The molecule has 1 fully saturated rings. The molecule has 1 atom stereocenters. The van der Waals surface area contributed by atoms with Gasteiger partial charge in [0.1, 0.15) is 0 Å². The first-order valence-corrected chi connectivity index (χ1v) is 6.95. The van der Waals surface area contributed by atoms with Crippen LogP contribution in [0.3, 0.4) is 0 Å². The second-order valence-corrected chi connectivity index (χ2v) is 5.76. The molecule has 0 aromatic heterocycles. The molecular weight excluding hydrogens is 243 g/mol. The molecule has 1 aliphatic heterocycles. The van der Waals surface area contributed by atoms with Crippen molar-refractivity contribution in [2.24, 2.45) is 0 Å². The molecule has 88 valence electrons. The van der Waals surface area contributed by atoms with Crippen molar-refractivity contribution in [2.75, 3.05) is 33.3 Å². The lowest BCUT2D eigenvalue weighted by Gasteiger charge is -2.33. The van der Waals surface area contributed by atoms with Gasteiger partial charge in [0, 0.05) is 51.5 Å². The molecule has 1 saturated heterocycles. The van der Waals surface area contributed by atoms with Crippen molar-refractivity contribution in [1.29, 1.82) is 0 Å². The Balaban J connectivity index is 2.38. The first-order chi connectivity index (χ1) is 6.94. The number of rotatable bonds is 3. The summed E-state index contributed by atoms with van der Waals surface area (Å²) in [6.45, 7) is 0.0404. The van der Waals surface area contributed by atoms with Crippen LogP contribution in [0.2, 0.25) is 0 Å². The number of amides is 1. The van der Waals surface area contributed by atoms with Crippen LogP contribution in [0.1, 0.15) is 6.92 Å². The molecule has 15 heavy (non-hydrogen) atoms. The third-order valence-corrected chi connectivity index (χ3v) is 3.58. The van der Waals surface area contributed by atoms with Crippen molar-refractivity contribution in [3.05, 3.63) is 0 Å². The van der Waals surface area contributed by atoms with Gasteiger partial charge in [0.05, 0.1) is 0 Å². The minimum absolute atomic E-state index is 0.0236. The van der Waals surface area contributed by atoms with Gasteiger partial charge in [0.25, 0.3) is 0 Å². The molecule has 0 N–H and O–H groups in total. The number of nitrogens with zero attached hydrogens (tertiary/aromatic N) is 2. The van der Waals surface area contributed by atoms with Crippen LogP contribution in [0.25, 0.3) is 0 Å². The number of hydroxylamine groups is 2. The molecule has 0 aromatic carbocycles. The Labute approximate surface area is 93.3 Å².